The number of ether oxygens (including phenoxy) is 2. The Kier molecular flexibility index (Phi) is 4.42. The Hall–Kier alpha value is -2.27. The van der Waals surface area contributed by atoms with Gasteiger partial charge in [0.05, 0.1) is 14.2 Å². The van der Waals surface area contributed by atoms with Crippen molar-refractivity contribution in [3.63, 3.8) is 0 Å². The summed E-state index contributed by atoms with van der Waals surface area (Å²) in [5, 5.41) is 10.1. The number of aliphatic hydroxyl groups excluding tert-OH is 1. The number of carbonyl (C=O) groups excluding carboxylic acids is 1. The van der Waals surface area contributed by atoms with Crippen LogP contribution in [0.15, 0.2) is 40.8 Å². The number of furan rings is 1. The van der Waals surface area contributed by atoms with E-state index in [1.165, 1.54) is 13.2 Å². The van der Waals surface area contributed by atoms with Crippen LogP contribution in [-0.2, 0) is 11.2 Å². The summed E-state index contributed by atoms with van der Waals surface area (Å²) in [5.41, 5.74) is 0.939. The van der Waals surface area contributed by atoms with Crippen molar-refractivity contribution in [1.82, 2.24) is 0 Å². The normalized spacial score (nSPS) is 11.9. The molecule has 0 aliphatic rings. The van der Waals surface area contributed by atoms with E-state index in [0.29, 0.717) is 12.2 Å². The van der Waals surface area contributed by atoms with Crippen molar-refractivity contribution in [3.8, 4) is 5.75 Å². The van der Waals surface area contributed by atoms with E-state index in [0.717, 1.165) is 11.3 Å². The van der Waals surface area contributed by atoms with Gasteiger partial charge in [0.1, 0.15) is 17.6 Å². The lowest BCUT2D eigenvalue weighted by Gasteiger charge is -2.08. The van der Waals surface area contributed by atoms with Crippen LogP contribution in [-0.4, -0.2) is 25.3 Å². The summed E-state index contributed by atoms with van der Waals surface area (Å²) in [4.78, 5) is 11.3. The molecule has 0 radical (unpaired) electrons. The molecule has 1 atom stereocenters. The van der Waals surface area contributed by atoms with Crippen molar-refractivity contribution < 1.29 is 23.8 Å². The first kappa shape index (κ1) is 14.1. The van der Waals surface area contributed by atoms with Crippen LogP contribution in [0.5, 0.6) is 5.75 Å². The van der Waals surface area contributed by atoms with Gasteiger partial charge in [-0.25, -0.2) is 4.79 Å². The van der Waals surface area contributed by atoms with Gasteiger partial charge in [-0.1, -0.05) is 12.1 Å². The average molecular weight is 276 g/mol. The number of hydrogen-bond donors (Lipinski definition) is 1. The van der Waals surface area contributed by atoms with Crippen LogP contribution in [0.2, 0.25) is 0 Å². The third-order valence-electron chi connectivity index (χ3n) is 2.93. The van der Waals surface area contributed by atoms with Gasteiger partial charge in [0, 0.05) is 6.42 Å². The fourth-order valence-corrected chi connectivity index (χ4v) is 1.83. The summed E-state index contributed by atoms with van der Waals surface area (Å²) >= 11 is 0. The second kappa shape index (κ2) is 6.25. The van der Waals surface area contributed by atoms with Gasteiger partial charge in [-0.15, -0.1) is 0 Å². The molecule has 0 spiro atoms. The Balaban J connectivity index is 2.05. The van der Waals surface area contributed by atoms with Crippen LogP contribution in [0.4, 0.5) is 0 Å². The van der Waals surface area contributed by atoms with Gasteiger partial charge in [-0.2, -0.15) is 0 Å². The summed E-state index contributed by atoms with van der Waals surface area (Å²) in [6.07, 6.45) is -0.431. The SMILES string of the molecule is COC(=O)c1ccc(C(O)Cc2ccc(OC)cc2)o1. The molecule has 20 heavy (non-hydrogen) atoms. The highest BCUT2D eigenvalue weighted by Crippen LogP contribution is 2.22. The monoisotopic (exact) mass is 276 g/mol. The van der Waals surface area contributed by atoms with E-state index in [-0.39, 0.29) is 5.76 Å². The molecule has 1 unspecified atom stereocenters. The number of carbonyl (C=O) groups is 1. The molecule has 0 fully saturated rings. The predicted octanol–water partition coefficient (Wildman–Crippen LogP) is 2.35. The number of methoxy groups -OCH3 is 2. The lowest BCUT2D eigenvalue weighted by atomic mass is 10.1. The van der Waals surface area contributed by atoms with E-state index < -0.39 is 12.1 Å². The molecule has 0 amide bonds. The first-order chi connectivity index (χ1) is 9.63. The maximum absolute atomic E-state index is 11.3. The molecule has 5 heteroatoms. The van der Waals surface area contributed by atoms with Gasteiger partial charge in [-0.05, 0) is 29.8 Å². The number of hydrogen-bond acceptors (Lipinski definition) is 5. The number of rotatable bonds is 5. The van der Waals surface area contributed by atoms with E-state index >= 15 is 0 Å². The van der Waals surface area contributed by atoms with Crippen molar-refractivity contribution >= 4 is 5.97 Å². The first-order valence-electron chi connectivity index (χ1n) is 6.13. The van der Waals surface area contributed by atoms with Gasteiger partial charge in [0.15, 0.2) is 0 Å². The second-order valence-electron chi connectivity index (χ2n) is 4.26. The minimum absolute atomic E-state index is 0.0799. The lowest BCUT2D eigenvalue weighted by molar-refractivity contribution is 0.0555. The Labute approximate surface area is 116 Å². The van der Waals surface area contributed by atoms with Crippen molar-refractivity contribution in [3.05, 3.63) is 53.5 Å². The Morgan fingerprint density at radius 2 is 1.90 bits per heavy atom. The number of aliphatic hydroxyl groups is 1. The molecule has 1 N–H and O–H groups in total. The van der Waals surface area contributed by atoms with Crippen molar-refractivity contribution in [2.45, 2.75) is 12.5 Å². The molecule has 2 aromatic rings. The van der Waals surface area contributed by atoms with Gasteiger partial charge in [-0.3, -0.25) is 0 Å². The van der Waals surface area contributed by atoms with Crippen LogP contribution >= 0.6 is 0 Å². The number of esters is 1. The standard InChI is InChI=1S/C15H16O5/c1-18-11-5-3-10(4-6-11)9-12(16)13-7-8-14(20-13)15(17)19-2/h3-8,12,16H,9H2,1-2H3. The van der Waals surface area contributed by atoms with Gasteiger partial charge in [0.2, 0.25) is 5.76 Å². The van der Waals surface area contributed by atoms with Crippen molar-refractivity contribution in [2.24, 2.45) is 0 Å². The molecule has 1 aromatic heterocycles. The molecule has 0 saturated carbocycles. The van der Waals surface area contributed by atoms with Gasteiger partial charge >= 0.3 is 5.97 Å². The van der Waals surface area contributed by atoms with E-state index in [1.54, 1.807) is 13.2 Å². The van der Waals surface area contributed by atoms with E-state index in [9.17, 15) is 9.90 Å². The summed E-state index contributed by atoms with van der Waals surface area (Å²) in [6, 6.07) is 10.4. The molecule has 0 aliphatic heterocycles. The van der Waals surface area contributed by atoms with Crippen LogP contribution in [0.25, 0.3) is 0 Å². The minimum atomic E-state index is -0.818. The highest BCUT2D eigenvalue weighted by molar-refractivity contribution is 5.86. The summed E-state index contributed by atoms with van der Waals surface area (Å²) < 4.78 is 14.9. The average Bonchev–Trinajstić information content (AvgIpc) is 2.97. The molecule has 0 bridgehead atoms. The van der Waals surface area contributed by atoms with E-state index in [4.69, 9.17) is 9.15 Å². The molecule has 0 saturated heterocycles. The molecule has 1 aromatic carbocycles. The third kappa shape index (κ3) is 3.19. The predicted molar refractivity (Wildman–Crippen MR) is 71.7 cm³/mol. The van der Waals surface area contributed by atoms with Crippen LogP contribution in [0, 0.1) is 0 Å². The molecule has 0 aliphatic carbocycles. The highest BCUT2D eigenvalue weighted by Gasteiger charge is 2.17. The molecule has 106 valence electrons. The van der Waals surface area contributed by atoms with Crippen LogP contribution < -0.4 is 4.74 Å². The van der Waals surface area contributed by atoms with Gasteiger partial charge < -0.3 is 19.0 Å². The quantitative estimate of drug-likeness (QED) is 0.849. The summed E-state index contributed by atoms with van der Waals surface area (Å²) in [5.74, 6) is 0.611. The second-order valence-corrected chi connectivity index (χ2v) is 4.26. The topological polar surface area (TPSA) is 68.9 Å². The number of benzene rings is 1. The molecular formula is C15H16O5. The zero-order valence-corrected chi connectivity index (χ0v) is 11.3. The van der Waals surface area contributed by atoms with Crippen LogP contribution in [0.3, 0.4) is 0 Å². The third-order valence-corrected chi connectivity index (χ3v) is 2.93. The minimum Gasteiger partial charge on any atom is -0.497 e. The zero-order chi connectivity index (χ0) is 14.5. The Bertz CT molecular complexity index is 570. The molecular weight excluding hydrogens is 260 g/mol. The smallest absolute Gasteiger partial charge is 0.373 e. The maximum atomic E-state index is 11.3. The van der Waals surface area contributed by atoms with E-state index in [2.05, 4.69) is 4.74 Å². The Morgan fingerprint density at radius 1 is 1.20 bits per heavy atom. The fourth-order valence-electron chi connectivity index (χ4n) is 1.83. The van der Waals surface area contributed by atoms with Gasteiger partial charge in [0.25, 0.3) is 0 Å². The fraction of sp³-hybridized carbons (Fsp3) is 0.267. The summed E-state index contributed by atoms with van der Waals surface area (Å²) in [7, 11) is 2.87. The summed E-state index contributed by atoms with van der Waals surface area (Å²) in [6.45, 7) is 0. The van der Waals surface area contributed by atoms with Crippen molar-refractivity contribution in [1.29, 1.82) is 0 Å². The van der Waals surface area contributed by atoms with Crippen LogP contribution in [0.1, 0.15) is 28.0 Å². The van der Waals surface area contributed by atoms with Crippen molar-refractivity contribution in [2.75, 3.05) is 14.2 Å². The molecule has 1 heterocycles. The first-order valence-corrected chi connectivity index (χ1v) is 6.13. The maximum Gasteiger partial charge on any atom is 0.373 e. The zero-order valence-electron chi connectivity index (χ0n) is 11.3. The Morgan fingerprint density at radius 3 is 2.50 bits per heavy atom. The lowest BCUT2D eigenvalue weighted by Crippen LogP contribution is -2.01. The largest absolute Gasteiger partial charge is 0.497 e. The van der Waals surface area contributed by atoms with E-state index in [1.807, 2.05) is 24.3 Å². The molecule has 5 nitrogen and oxygen atoms in total. The highest BCUT2D eigenvalue weighted by atomic mass is 16.5. The molecule has 2 rings (SSSR count).